The first-order chi connectivity index (χ1) is 10.7. The van der Waals surface area contributed by atoms with Crippen molar-refractivity contribution in [1.29, 1.82) is 0 Å². The molecule has 3 rings (SSSR count). The molecule has 22 heavy (non-hydrogen) atoms. The van der Waals surface area contributed by atoms with Gasteiger partial charge in [0.1, 0.15) is 5.82 Å². The van der Waals surface area contributed by atoms with E-state index in [1.165, 1.54) is 17.8 Å². The van der Waals surface area contributed by atoms with Gasteiger partial charge >= 0.3 is 0 Å². The maximum atomic E-state index is 12.9. The van der Waals surface area contributed by atoms with Gasteiger partial charge in [-0.1, -0.05) is 30.3 Å². The number of halogens is 1. The average molecular weight is 300 g/mol. The van der Waals surface area contributed by atoms with Gasteiger partial charge in [0.25, 0.3) is 0 Å². The minimum atomic E-state index is -0.566. The van der Waals surface area contributed by atoms with Gasteiger partial charge in [0.15, 0.2) is 0 Å². The third-order valence-corrected chi connectivity index (χ3v) is 4.18. The molecular weight excluding hydrogens is 279 g/mol. The van der Waals surface area contributed by atoms with Gasteiger partial charge in [-0.3, -0.25) is 4.90 Å². The number of rotatable bonds is 4. The lowest BCUT2D eigenvalue weighted by Crippen LogP contribution is -2.47. The number of para-hydroxylation sites is 1. The number of anilines is 1. The van der Waals surface area contributed by atoms with E-state index >= 15 is 0 Å². The van der Waals surface area contributed by atoms with Gasteiger partial charge in [-0.15, -0.1) is 0 Å². The van der Waals surface area contributed by atoms with Gasteiger partial charge in [0, 0.05) is 38.4 Å². The van der Waals surface area contributed by atoms with E-state index in [0.29, 0.717) is 6.54 Å². The van der Waals surface area contributed by atoms with E-state index in [4.69, 9.17) is 0 Å². The lowest BCUT2D eigenvalue weighted by Gasteiger charge is -2.37. The summed E-state index contributed by atoms with van der Waals surface area (Å²) in [6, 6.07) is 16.5. The van der Waals surface area contributed by atoms with Gasteiger partial charge < -0.3 is 10.0 Å². The molecule has 4 heteroatoms. The number of β-amino-alcohol motifs (C(OH)–C–C–N with tert-alkyl or cyclic N) is 1. The van der Waals surface area contributed by atoms with Crippen molar-refractivity contribution in [1.82, 2.24) is 4.90 Å². The summed E-state index contributed by atoms with van der Waals surface area (Å²) in [5, 5.41) is 10.3. The Morgan fingerprint density at radius 1 is 0.909 bits per heavy atom. The first-order valence-corrected chi connectivity index (χ1v) is 7.68. The fraction of sp³-hybridized carbons (Fsp3) is 0.333. The Morgan fingerprint density at radius 3 is 2.18 bits per heavy atom. The molecule has 1 fully saturated rings. The number of hydrogen-bond donors (Lipinski definition) is 1. The van der Waals surface area contributed by atoms with E-state index in [9.17, 15) is 9.50 Å². The number of aliphatic hydroxyl groups is 1. The van der Waals surface area contributed by atoms with Crippen LogP contribution in [0.4, 0.5) is 10.1 Å². The van der Waals surface area contributed by atoms with Crippen LogP contribution in [-0.4, -0.2) is 42.7 Å². The number of benzene rings is 2. The molecular formula is C18H21FN2O. The number of nitrogens with zero attached hydrogens (tertiary/aromatic N) is 2. The van der Waals surface area contributed by atoms with Crippen LogP contribution in [0.2, 0.25) is 0 Å². The van der Waals surface area contributed by atoms with Crippen LogP contribution in [0.1, 0.15) is 11.7 Å². The lowest BCUT2D eigenvalue weighted by atomic mass is 10.1. The van der Waals surface area contributed by atoms with Crippen molar-refractivity contribution in [3.63, 3.8) is 0 Å². The molecule has 1 heterocycles. The molecule has 1 aliphatic rings. The molecule has 2 aromatic carbocycles. The van der Waals surface area contributed by atoms with Crippen molar-refractivity contribution in [2.75, 3.05) is 37.6 Å². The molecule has 0 radical (unpaired) electrons. The summed E-state index contributed by atoms with van der Waals surface area (Å²) >= 11 is 0. The van der Waals surface area contributed by atoms with Crippen LogP contribution in [0, 0.1) is 5.82 Å². The summed E-state index contributed by atoms with van der Waals surface area (Å²) in [5.41, 5.74) is 2.02. The summed E-state index contributed by atoms with van der Waals surface area (Å²) in [6.45, 7) is 4.36. The molecule has 1 aliphatic heterocycles. The maximum absolute atomic E-state index is 12.9. The molecule has 1 unspecified atom stereocenters. The molecule has 0 saturated carbocycles. The van der Waals surface area contributed by atoms with Crippen molar-refractivity contribution in [2.24, 2.45) is 0 Å². The molecule has 1 N–H and O–H groups in total. The molecule has 2 aromatic rings. The molecule has 0 aliphatic carbocycles. The first-order valence-electron chi connectivity index (χ1n) is 7.68. The highest BCUT2D eigenvalue weighted by Gasteiger charge is 2.20. The zero-order chi connectivity index (χ0) is 15.4. The van der Waals surface area contributed by atoms with Gasteiger partial charge in [0.05, 0.1) is 6.10 Å². The predicted octanol–water partition coefficient (Wildman–Crippen LogP) is 2.68. The highest BCUT2D eigenvalue weighted by molar-refractivity contribution is 5.46. The van der Waals surface area contributed by atoms with E-state index in [1.54, 1.807) is 12.1 Å². The largest absolute Gasteiger partial charge is 0.387 e. The number of piperazine rings is 1. The summed E-state index contributed by atoms with van der Waals surface area (Å²) in [4.78, 5) is 4.62. The van der Waals surface area contributed by atoms with Crippen molar-refractivity contribution in [3.8, 4) is 0 Å². The summed E-state index contributed by atoms with van der Waals surface area (Å²) in [6.07, 6.45) is -0.566. The van der Waals surface area contributed by atoms with Crippen molar-refractivity contribution < 1.29 is 9.50 Å². The van der Waals surface area contributed by atoms with Gasteiger partial charge in [-0.05, 0) is 29.8 Å². The second-order valence-electron chi connectivity index (χ2n) is 5.69. The molecule has 0 spiro atoms. The maximum Gasteiger partial charge on any atom is 0.123 e. The molecule has 1 atom stereocenters. The molecule has 3 nitrogen and oxygen atoms in total. The smallest absolute Gasteiger partial charge is 0.123 e. The minimum absolute atomic E-state index is 0.271. The van der Waals surface area contributed by atoms with Crippen LogP contribution in [-0.2, 0) is 0 Å². The molecule has 0 bridgehead atoms. The van der Waals surface area contributed by atoms with Crippen LogP contribution in [0.15, 0.2) is 54.6 Å². The molecule has 116 valence electrons. The van der Waals surface area contributed by atoms with Gasteiger partial charge in [0.2, 0.25) is 0 Å². The highest BCUT2D eigenvalue weighted by Crippen LogP contribution is 2.18. The zero-order valence-corrected chi connectivity index (χ0v) is 12.5. The van der Waals surface area contributed by atoms with Crippen LogP contribution >= 0.6 is 0 Å². The normalized spacial score (nSPS) is 17.5. The van der Waals surface area contributed by atoms with Crippen molar-refractivity contribution >= 4 is 5.69 Å². The van der Waals surface area contributed by atoms with E-state index in [1.807, 2.05) is 6.07 Å². The zero-order valence-electron chi connectivity index (χ0n) is 12.5. The fourth-order valence-electron chi connectivity index (χ4n) is 2.86. The van der Waals surface area contributed by atoms with Crippen LogP contribution < -0.4 is 4.90 Å². The highest BCUT2D eigenvalue weighted by atomic mass is 19.1. The molecule has 0 amide bonds. The SMILES string of the molecule is OC(CN1CCN(c2ccccc2)CC1)c1ccc(F)cc1. The second kappa shape index (κ2) is 6.90. The third-order valence-electron chi connectivity index (χ3n) is 4.18. The van der Waals surface area contributed by atoms with E-state index in [2.05, 4.69) is 34.1 Å². The summed E-state index contributed by atoms with van der Waals surface area (Å²) in [7, 11) is 0. The van der Waals surface area contributed by atoms with Gasteiger partial charge in [-0.25, -0.2) is 4.39 Å². The third kappa shape index (κ3) is 3.64. The average Bonchev–Trinajstić information content (AvgIpc) is 2.57. The summed E-state index contributed by atoms with van der Waals surface area (Å²) < 4.78 is 12.9. The Hall–Kier alpha value is -1.91. The summed E-state index contributed by atoms with van der Waals surface area (Å²) in [5.74, 6) is -0.271. The standard InChI is InChI=1S/C18H21FN2O/c19-16-8-6-15(7-9-16)18(22)14-20-10-12-21(13-11-20)17-4-2-1-3-5-17/h1-9,18,22H,10-14H2. The Kier molecular flexibility index (Phi) is 4.71. The van der Waals surface area contributed by atoms with Gasteiger partial charge in [-0.2, -0.15) is 0 Å². The Labute approximate surface area is 130 Å². The Balaban J connectivity index is 1.52. The predicted molar refractivity (Wildman–Crippen MR) is 86.5 cm³/mol. The van der Waals surface area contributed by atoms with E-state index in [0.717, 1.165) is 31.7 Å². The number of hydrogen-bond acceptors (Lipinski definition) is 3. The quantitative estimate of drug-likeness (QED) is 0.940. The monoisotopic (exact) mass is 300 g/mol. The minimum Gasteiger partial charge on any atom is -0.387 e. The Morgan fingerprint density at radius 2 is 1.55 bits per heavy atom. The first kappa shape index (κ1) is 15.0. The second-order valence-corrected chi connectivity index (χ2v) is 5.69. The number of aliphatic hydroxyl groups excluding tert-OH is 1. The Bertz CT molecular complexity index is 580. The van der Waals surface area contributed by atoms with Crippen LogP contribution in [0.25, 0.3) is 0 Å². The molecule has 1 saturated heterocycles. The van der Waals surface area contributed by atoms with Crippen LogP contribution in [0.3, 0.4) is 0 Å². The van der Waals surface area contributed by atoms with Crippen LogP contribution in [0.5, 0.6) is 0 Å². The van der Waals surface area contributed by atoms with Crippen molar-refractivity contribution in [2.45, 2.75) is 6.10 Å². The van der Waals surface area contributed by atoms with E-state index < -0.39 is 6.10 Å². The fourth-order valence-corrected chi connectivity index (χ4v) is 2.86. The van der Waals surface area contributed by atoms with E-state index in [-0.39, 0.29) is 5.82 Å². The van der Waals surface area contributed by atoms with Crippen molar-refractivity contribution in [3.05, 3.63) is 66.0 Å². The topological polar surface area (TPSA) is 26.7 Å². The lowest BCUT2D eigenvalue weighted by molar-refractivity contribution is 0.109. The molecule has 0 aromatic heterocycles.